The molecule has 2 N–H and O–H groups in total. The van der Waals surface area contributed by atoms with Crippen LogP contribution in [0.1, 0.15) is 36.6 Å². The first-order chi connectivity index (χ1) is 7.25. The lowest BCUT2D eigenvalue weighted by molar-refractivity contribution is 0.251. The van der Waals surface area contributed by atoms with E-state index >= 15 is 0 Å². The Morgan fingerprint density at radius 1 is 1.40 bits per heavy atom. The second kappa shape index (κ2) is 3.23. The largest absolute Gasteiger partial charge is 0.382 e. The summed E-state index contributed by atoms with van der Waals surface area (Å²) < 4.78 is 2.20. The number of likely N-dealkylation sites (N-methyl/N-ethyl adjacent to an activating group) is 1. The van der Waals surface area contributed by atoms with Gasteiger partial charge in [0.25, 0.3) is 0 Å². The summed E-state index contributed by atoms with van der Waals surface area (Å²) in [7, 11) is 2.16. The van der Waals surface area contributed by atoms with Crippen LogP contribution in [0.2, 0.25) is 0 Å². The van der Waals surface area contributed by atoms with Gasteiger partial charge in [-0.3, -0.25) is 4.68 Å². The minimum Gasteiger partial charge on any atom is -0.382 e. The minimum atomic E-state index is 0.627. The number of hydrogen-bond acceptors (Lipinski definition) is 3. The predicted octanol–water partition coefficient (Wildman–Crippen LogP) is 1.18. The van der Waals surface area contributed by atoms with Crippen LogP contribution in [0.15, 0.2) is 0 Å². The fourth-order valence-corrected chi connectivity index (χ4v) is 2.53. The first-order valence-electron chi connectivity index (χ1n) is 5.80. The van der Waals surface area contributed by atoms with Crippen molar-refractivity contribution in [2.45, 2.75) is 38.3 Å². The van der Waals surface area contributed by atoms with Crippen molar-refractivity contribution in [2.24, 2.45) is 0 Å². The molecule has 4 heteroatoms. The number of nitrogens with two attached hydrogens (primary N) is 1. The summed E-state index contributed by atoms with van der Waals surface area (Å²) in [6, 6.07) is 0.627. The molecule has 15 heavy (non-hydrogen) atoms. The van der Waals surface area contributed by atoms with Gasteiger partial charge >= 0.3 is 0 Å². The van der Waals surface area contributed by atoms with Gasteiger partial charge in [0.1, 0.15) is 5.82 Å². The minimum absolute atomic E-state index is 0.627. The SMILES string of the molecule is CN1CCc2c(N)nn(C3CCC3)c2C1. The normalized spacial score (nSPS) is 22.5. The molecule has 1 aromatic heterocycles. The molecule has 2 aliphatic rings. The lowest BCUT2D eigenvalue weighted by atomic mass is 9.93. The summed E-state index contributed by atoms with van der Waals surface area (Å²) in [5.74, 6) is 0.769. The van der Waals surface area contributed by atoms with Crippen LogP contribution >= 0.6 is 0 Å². The molecule has 0 unspecified atom stereocenters. The Balaban J connectivity index is 2.00. The van der Waals surface area contributed by atoms with Crippen molar-refractivity contribution in [2.75, 3.05) is 19.3 Å². The van der Waals surface area contributed by atoms with Gasteiger partial charge in [0.05, 0.1) is 11.7 Å². The third kappa shape index (κ3) is 1.35. The Morgan fingerprint density at radius 2 is 2.20 bits per heavy atom. The van der Waals surface area contributed by atoms with Gasteiger partial charge in [0.15, 0.2) is 0 Å². The van der Waals surface area contributed by atoms with Crippen molar-refractivity contribution >= 4 is 5.82 Å². The van der Waals surface area contributed by atoms with Gasteiger partial charge in [-0.05, 0) is 32.7 Å². The molecular formula is C11H18N4. The first-order valence-corrected chi connectivity index (χ1v) is 5.80. The van der Waals surface area contributed by atoms with Crippen LogP contribution in [-0.2, 0) is 13.0 Å². The number of hydrogen-bond donors (Lipinski definition) is 1. The van der Waals surface area contributed by atoms with E-state index < -0.39 is 0 Å². The molecule has 0 radical (unpaired) electrons. The number of fused-ring (bicyclic) bond motifs is 1. The Bertz CT molecular complexity index is 378. The summed E-state index contributed by atoms with van der Waals surface area (Å²) in [4.78, 5) is 2.35. The summed E-state index contributed by atoms with van der Waals surface area (Å²) in [6.45, 7) is 2.11. The summed E-state index contributed by atoms with van der Waals surface area (Å²) in [5, 5.41) is 4.52. The van der Waals surface area contributed by atoms with Gasteiger partial charge in [-0.15, -0.1) is 0 Å². The highest BCUT2D eigenvalue weighted by Gasteiger charge is 2.28. The molecule has 3 rings (SSSR count). The fourth-order valence-electron chi connectivity index (χ4n) is 2.53. The average Bonchev–Trinajstić information content (AvgIpc) is 2.41. The molecule has 1 aliphatic carbocycles. The molecule has 0 spiro atoms. The van der Waals surface area contributed by atoms with Gasteiger partial charge in [-0.1, -0.05) is 0 Å². The Kier molecular flexibility index (Phi) is 1.99. The molecule has 0 aromatic carbocycles. The molecule has 82 valence electrons. The van der Waals surface area contributed by atoms with Gasteiger partial charge in [-0.2, -0.15) is 5.10 Å². The lowest BCUT2D eigenvalue weighted by Crippen LogP contribution is -2.30. The number of nitrogen functional groups attached to an aromatic ring is 1. The number of anilines is 1. The van der Waals surface area contributed by atoms with Crippen LogP contribution < -0.4 is 5.73 Å². The third-order valence-electron chi connectivity index (χ3n) is 3.73. The maximum absolute atomic E-state index is 5.97. The van der Waals surface area contributed by atoms with E-state index in [2.05, 4.69) is 21.7 Å². The lowest BCUT2D eigenvalue weighted by Gasteiger charge is -2.30. The predicted molar refractivity (Wildman–Crippen MR) is 59.6 cm³/mol. The summed E-state index contributed by atoms with van der Waals surface area (Å²) >= 11 is 0. The molecular weight excluding hydrogens is 188 g/mol. The Morgan fingerprint density at radius 3 is 2.87 bits per heavy atom. The van der Waals surface area contributed by atoms with E-state index in [0.29, 0.717) is 6.04 Å². The van der Waals surface area contributed by atoms with E-state index in [1.54, 1.807) is 0 Å². The highest BCUT2D eigenvalue weighted by atomic mass is 15.3. The van der Waals surface area contributed by atoms with Crippen molar-refractivity contribution in [3.05, 3.63) is 11.3 Å². The Hall–Kier alpha value is -1.03. The molecule has 0 amide bonds. The smallest absolute Gasteiger partial charge is 0.149 e. The van der Waals surface area contributed by atoms with E-state index in [4.69, 9.17) is 5.73 Å². The zero-order valence-corrected chi connectivity index (χ0v) is 9.24. The highest BCUT2D eigenvalue weighted by molar-refractivity contribution is 5.44. The summed E-state index contributed by atoms with van der Waals surface area (Å²) in [6.07, 6.45) is 4.95. The molecule has 0 bridgehead atoms. The van der Waals surface area contributed by atoms with Crippen molar-refractivity contribution in [1.29, 1.82) is 0 Å². The highest BCUT2D eigenvalue weighted by Crippen LogP contribution is 2.35. The van der Waals surface area contributed by atoms with Gasteiger partial charge in [0.2, 0.25) is 0 Å². The van der Waals surface area contributed by atoms with Crippen LogP contribution in [0.5, 0.6) is 0 Å². The molecule has 1 fully saturated rings. The maximum Gasteiger partial charge on any atom is 0.149 e. The standard InChI is InChI=1S/C11H18N4/c1-14-6-5-9-10(7-14)15(13-11(9)12)8-3-2-4-8/h8H,2-7H2,1H3,(H2,12,13). The second-order valence-corrected chi connectivity index (χ2v) is 4.83. The molecule has 0 atom stereocenters. The number of nitrogens with zero attached hydrogens (tertiary/aromatic N) is 3. The van der Waals surface area contributed by atoms with E-state index in [9.17, 15) is 0 Å². The Labute approximate surface area is 90.0 Å². The molecule has 1 saturated carbocycles. The monoisotopic (exact) mass is 206 g/mol. The van der Waals surface area contributed by atoms with Crippen LogP contribution in [0.4, 0.5) is 5.82 Å². The molecule has 1 aliphatic heterocycles. The molecule has 1 aromatic rings. The molecule has 2 heterocycles. The molecule has 0 saturated heterocycles. The van der Waals surface area contributed by atoms with Crippen LogP contribution in [-0.4, -0.2) is 28.3 Å². The van der Waals surface area contributed by atoms with Gasteiger partial charge in [0, 0.05) is 18.7 Å². The first kappa shape index (κ1) is 9.21. The van der Waals surface area contributed by atoms with Crippen molar-refractivity contribution < 1.29 is 0 Å². The van der Waals surface area contributed by atoms with E-state index in [-0.39, 0.29) is 0 Å². The number of rotatable bonds is 1. The maximum atomic E-state index is 5.97. The van der Waals surface area contributed by atoms with E-state index in [1.807, 2.05) is 0 Å². The van der Waals surface area contributed by atoms with Crippen molar-refractivity contribution in [3.63, 3.8) is 0 Å². The fraction of sp³-hybridized carbons (Fsp3) is 0.727. The van der Waals surface area contributed by atoms with Crippen LogP contribution in [0.25, 0.3) is 0 Å². The number of aromatic nitrogens is 2. The zero-order valence-electron chi connectivity index (χ0n) is 9.24. The van der Waals surface area contributed by atoms with Crippen LogP contribution in [0.3, 0.4) is 0 Å². The quantitative estimate of drug-likeness (QED) is 0.750. The molecule has 4 nitrogen and oxygen atoms in total. The topological polar surface area (TPSA) is 47.1 Å². The van der Waals surface area contributed by atoms with Crippen LogP contribution in [0, 0.1) is 0 Å². The van der Waals surface area contributed by atoms with Crippen molar-refractivity contribution in [3.8, 4) is 0 Å². The zero-order chi connectivity index (χ0) is 10.4. The summed E-state index contributed by atoms with van der Waals surface area (Å²) in [5.41, 5.74) is 8.65. The average molecular weight is 206 g/mol. The second-order valence-electron chi connectivity index (χ2n) is 4.83. The van der Waals surface area contributed by atoms with Gasteiger partial charge in [-0.25, -0.2) is 0 Å². The van der Waals surface area contributed by atoms with Gasteiger partial charge < -0.3 is 10.6 Å². The van der Waals surface area contributed by atoms with E-state index in [1.165, 1.54) is 30.5 Å². The van der Waals surface area contributed by atoms with Crippen molar-refractivity contribution in [1.82, 2.24) is 14.7 Å². The van der Waals surface area contributed by atoms with E-state index in [0.717, 1.165) is 25.3 Å². The third-order valence-corrected chi connectivity index (χ3v) is 3.73.